The molecule has 2 aromatic rings. The van der Waals surface area contributed by atoms with Crippen molar-refractivity contribution in [1.82, 2.24) is 14.9 Å². The summed E-state index contributed by atoms with van der Waals surface area (Å²) in [6, 6.07) is 1.07. The van der Waals surface area contributed by atoms with E-state index in [-0.39, 0.29) is 0 Å². The fourth-order valence-electron chi connectivity index (χ4n) is 4.64. The van der Waals surface area contributed by atoms with Crippen LogP contribution in [0.5, 0.6) is 0 Å². The van der Waals surface area contributed by atoms with Gasteiger partial charge in [0.15, 0.2) is 0 Å². The van der Waals surface area contributed by atoms with E-state index in [1.54, 1.807) is 17.7 Å². The molecule has 0 saturated carbocycles. The molecule has 26 heavy (non-hydrogen) atoms. The molecule has 0 spiro atoms. The maximum Gasteiger partial charge on any atom is 0.141 e. The summed E-state index contributed by atoms with van der Waals surface area (Å²) in [6.45, 7) is 7.75. The number of fused-ring (bicyclic) bond motifs is 1. The Kier molecular flexibility index (Phi) is 5.17. The quantitative estimate of drug-likeness (QED) is 0.894. The SMILES string of the molecule is Cc1sc2ncnc(N3CCC(CC4CC(N)CCN4C)CC3)c2c1C. The van der Waals surface area contributed by atoms with Crippen LogP contribution in [0.1, 0.15) is 42.5 Å². The first kappa shape index (κ1) is 18.1. The van der Waals surface area contributed by atoms with Gasteiger partial charge < -0.3 is 15.5 Å². The zero-order chi connectivity index (χ0) is 18.3. The van der Waals surface area contributed by atoms with Crippen molar-refractivity contribution >= 4 is 27.4 Å². The predicted octanol–water partition coefficient (Wildman–Crippen LogP) is 3.34. The molecule has 2 aliphatic rings. The second-order valence-corrected chi connectivity index (χ2v) is 9.45. The number of piperidine rings is 2. The molecule has 0 radical (unpaired) electrons. The molecule has 2 fully saturated rings. The van der Waals surface area contributed by atoms with Crippen LogP contribution in [0.25, 0.3) is 10.2 Å². The van der Waals surface area contributed by atoms with E-state index in [4.69, 9.17) is 5.73 Å². The molecule has 6 heteroatoms. The molecular formula is C20H31N5S. The second kappa shape index (κ2) is 7.41. The van der Waals surface area contributed by atoms with Crippen LogP contribution in [-0.2, 0) is 0 Å². The minimum atomic E-state index is 0.399. The molecule has 0 amide bonds. The lowest BCUT2D eigenvalue weighted by atomic mass is 9.85. The third-order valence-corrected chi connectivity index (χ3v) is 7.63. The van der Waals surface area contributed by atoms with Gasteiger partial charge in [0.1, 0.15) is 17.0 Å². The van der Waals surface area contributed by atoms with E-state index in [0.717, 1.165) is 49.0 Å². The lowest BCUT2D eigenvalue weighted by Crippen LogP contribution is -2.46. The number of nitrogens with two attached hydrogens (primary N) is 1. The lowest BCUT2D eigenvalue weighted by Gasteiger charge is -2.40. The Bertz CT molecular complexity index is 765. The standard InChI is InChI=1S/C20H31N5S/c1-13-14(2)26-20-18(13)19(22-12-23-20)25-8-4-15(5-9-25)10-17-11-16(21)6-7-24(17)3/h12,15-17H,4-11,21H2,1-3H3. The van der Waals surface area contributed by atoms with Gasteiger partial charge in [-0.1, -0.05) is 0 Å². The maximum atomic E-state index is 6.21. The van der Waals surface area contributed by atoms with Gasteiger partial charge in [-0.2, -0.15) is 0 Å². The number of nitrogens with zero attached hydrogens (tertiary/aromatic N) is 4. The first-order valence-electron chi connectivity index (χ1n) is 9.94. The zero-order valence-electron chi connectivity index (χ0n) is 16.2. The number of thiophene rings is 1. The molecule has 2 N–H and O–H groups in total. The van der Waals surface area contributed by atoms with Crippen molar-refractivity contribution in [2.45, 2.75) is 58.0 Å². The fraction of sp³-hybridized carbons (Fsp3) is 0.700. The van der Waals surface area contributed by atoms with Gasteiger partial charge in [0.25, 0.3) is 0 Å². The highest BCUT2D eigenvalue weighted by Crippen LogP contribution is 2.36. The molecule has 4 heterocycles. The van der Waals surface area contributed by atoms with E-state index in [9.17, 15) is 0 Å². The first-order chi connectivity index (χ1) is 12.5. The number of rotatable bonds is 3. The Morgan fingerprint density at radius 3 is 2.69 bits per heavy atom. The fourth-order valence-corrected chi connectivity index (χ4v) is 5.64. The molecule has 4 rings (SSSR count). The van der Waals surface area contributed by atoms with Crippen LogP contribution < -0.4 is 10.6 Å². The lowest BCUT2D eigenvalue weighted by molar-refractivity contribution is 0.138. The molecule has 0 aliphatic carbocycles. The Morgan fingerprint density at radius 1 is 1.15 bits per heavy atom. The smallest absolute Gasteiger partial charge is 0.141 e. The normalized spacial score (nSPS) is 25.9. The summed E-state index contributed by atoms with van der Waals surface area (Å²) in [5, 5.41) is 1.27. The molecule has 2 aromatic heterocycles. The van der Waals surface area contributed by atoms with E-state index < -0.39 is 0 Å². The highest BCUT2D eigenvalue weighted by Gasteiger charge is 2.29. The Hall–Kier alpha value is -1.24. The van der Waals surface area contributed by atoms with Crippen molar-refractivity contribution in [2.75, 3.05) is 31.6 Å². The van der Waals surface area contributed by atoms with Crippen molar-refractivity contribution in [1.29, 1.82) is 0 Å². The molecule has 142 valence electrons. The van der Waals surface area contributed by atoms with Crippen LogP contribution >= 0.6 is 11.3 Å². The molecule has 2 atom stereocenters. The van der Waals surface area contributed by atoms with E-state index in [0.29, 0.717) is 12.1 Å². The number of aryl methyl sites for hydroxylation is 2. The zero-order valence-corrected chi connectivity index (χ0v) is 17.1. The predicted molar refractivity (Wildman–Crippen MR) is 110 cm³/mol. The Labute approximate surface area is 160 Å². The van der Waals surface area contributed by atoms with E-state index in [1.165, 1.54) is 35.1 Å². The van der Waals surface area contributed by atoms with Gasteiger partial charge in [-0.25, -0.2) is 9.97 Å². The summed E-state index contributed by atoms with van der Waals surface area (Å²) in [7, 11) is 2.27. The van der Waals surface area contributed by atoms with E-state index in [2.05, 4.69) is 40.7 Å². The van der Waals surface area contributed by atoms with Crippen LogP contribution in [-0.4, -0.2) is 53.6 Å². The second-order valence-electron chi connectivity index (χ2n) is 8.25. The average molecular weight is 374 g/mol. The summed E-state index contributed by atoms with van der Waals surface area (Å²) in [5.41, 5.74) is 7.56. The summed E-state index contributed by atoms with van der Waals surface area (Å²) in [5.74, 6) is 1.96. The number of likely N-dealkylation sites (tertiary alicyclic amines) is 1. The van der Waals surface area contributed by atoms with Crippen molar-refractivity contribution < 1.29 is 0 Å². The number of hydrogen-bond donors (Lipinski definition) is 1. The van der Waals surface area contributed by atoms with Crippen molar-refractivity contribution in [3.05, 3.63) is 16.8 Å². The third-order valence-electron chi connectivity index (χ3n) is 6.52. The van der Waals surface area contributed by atoms with Gasteiger partial charge >= 0.3 is 0 Å². The van der Waals surface area contributed by atoms with Crippen LogP contribution in [0.15, 0.2) is 6.33 Å². The molecule has 2 saturated heterocycles. The molecular weight excluding hydrogens is 342 g/mol. The van der Waals surface area contributed by atoms with E-state index >= 15 is 0 Å². The molecule has 0 aromatic carbocycles. The van der Waals surface area contributed by atoms with Crippen molar-refractivity contribution in [2.24, 2.45) is 11.7 Å². The molecule has 0 bridgehead atoms. The monoisotopic (exact) mass is 373 g/mol. The molecule has 2 aliphatic heterocycles. The maximum absolute atomic E-state index is 6.21. The highest BCUT2D eigenvalue weighted by molar-refractivity contribution is 7.18. The average Bonchev–Trinajstić information content (AvgIpc) is 2.93. The third kappa shape index (κ3) is 3.47. The number of hydrogen-bond acceptors (Lipinski definition) is 6. The van der Waals surface area contributed by atoms with Crippen molar-refractivity contribution in [3.63, 3.8) is 0 Å². The van der Waals surface area contributed by atoms with Crippen molar-refractivity contribution in [3.8, 4) is 0 Å². The summed E-state index contributed by atoms with van der Waals surface area (Å²) in [6.07, 6.45) is 7.86. The van der Waals surface area contributed by atoms with Gasteiger partial charge in [0.05, 0.1) is 5.39 Å². The molecule has 5 nitrogen and oxygen atoms in total. The summed E-state index contributed by atoms with van der Waals surface area (Å²) < 4.78 is 0. The van der Waals surface area contributed by atoms with Gasteiger partial charge in [-0.15, -0.1) is 11.3 Å². The summed E-state index contributed by atoms with van der Waals surface area (Å²) >= 11 is 1.79. The Morgan fingerprint density at radius 2 is 1.92 bits per heavy atom. The van der Waals surface area contributed by atoms with Gasteiger partial charge in [0.2, 0.25) is 0 Å². The largest absolute Gasteiger partial charge is 0.356 e. The van der Waals surface area contributed by atoms with Crippen LogP contribution in [0.2, 0.25) is 0 Å². The number of aromatic nitrogens is 2. The van der Waals surface area contributed by atoms with E-state index in [1.807, 2.05) is 0 Å². The first-order valence-corrected chi connectivity index (χ1v) is 10.8. The minimum absolute atomic E-state index is 0.399. The van der Waals surface area contributed by atoms with Crippen LogP contribution in [0.4, 0.5) is 5.82 Å². The molecule has 2 unspecified atom stereocenters. The Balaban J connectivity index is 1.43. The van der Waals surface area contributed by atoms with Gasteiger partial charge in [-0.3, -0.25) is 0 Å². The van der Waals surface area contributed by atoms with Crippen LogP contribution in [0, 0.1) is 19.8 Å². The highest BCUT2D eigenvalue weighted by atomic mass is 32.1. The summed E-state index contributed by atoms with van der Waals surface area (Å²) in [4.78, 5) is 16.6. The van der Waals surface area contributed by atoms with Gasteiger partial charge in [0, 0.05) is 30.1 Å². The van der Waals surface area contributed by atoms with Crippen LogP contribution in [0.3, 0.4) is 0 Å². The number of anilines is 1. The topological polar surface area (TPSA) is 58.3 Å². The van der Waals surface area contributed by atoms with Gasteiger partial charge in [-0.05, 0) is 71.0 Å². The minimum Gasteiger partial charge on any atom is -0.356 e.